The maximum atomic E-state index is 12.5. The molecule has 0 amide bonds. The Balaban J connectivity index is 3.24. The summed E-state index contributed by atoms with van der Waals surface area (Å²) < 4.78 is 42.1. The molecule has 0 spiro atoms. The number of carbonyl (C=O) groups excluding carboxylic acids is 1. The second kappa shape index (κ2) is 4.42. The third kappa shape index (κ3) is 2.65. The molecule has 0 aliphatic carbocycles. The molecule has 0 saturated heterocycles. The number of hydrogen-bond acceptors (Lipinski definition) is 3. The maximum Gasteiger partial charge on any atom is 0.417 e. The SMILES string of the molecule is CCOC(=O)c1cc(N)ccc1C(F)(F)F. The molecule has 1 aromatic carbocycles. The van der Waals surface area contributed by atoms with Gasteiger partial charge in [-0.2, -0.15) is 13.2 Å². The van der Waals surface area contributed by atoms with Crippen molar-refractivity contribution in [1.29, 1.82) is 0 Å². The van der Waals surface area contributed by atoms with Crippen LogP contribution in [0.3, 0.4) is 0 Å². The highest BCUT2D eigenvalue weighted by Crippen LogP contribution is 2.33. The first-order valence-corrected chi connectivity index (χ1v) is 4.50. The minimum absolute atomic E-state index is 0.00489. The van der Waals surface area contributed by atoms with Gasteiger partial charge in [0.2, 0.25) is 0 Å². The van der Waals surface area contributed by atoms with Crippen molar-refractivity contribution in [3.05, 3.63) is 29.3 Å². The molecule has 0 heterocycles. The third-order valence-electron chi connectivity index (χ3n) is 1.84. The fourth-order valence-corrected chi connectivity index (χ4v) is 1.19. The van der Waals surface area contributed by atoms with E-state index in [4.69, 9.17) is 5.73 Å². The summed E-state index contributed by atoms with van der Waals surface area (Å²) in [5, 5.41) is 0. The topological polar surface area (TPSA) is 52.3 Å². The summed E-state index contributed by atoms with van der Waals surface area (Å²) in [5.74, 6) is -1.03. The Kier molecular flexibility index (Phi) is 3.41. The molecule has 0 radical (unpaired) electrons. The predicted molar refractivity (Wildman–Crippen MR) is 51.8 cm³/mol. The van der Waals surface area contributed by atoms with Crippen molar-refractivity contribution < 1.29 is 22.7 Å². The van der Waals surface area contributed by atoms with Crippen LogP contribution in [0.5, 0.6) is 0 Å². The molecule has 16 heavy (non-hydrogen) atoms. The molecule has 88 valence electrons. The molecule has 1 aromatic rings. The van der Waals surface area contributed by atoms with Crippen molar-refractivity contribution in [2.45, 2.75) is 13.1 Å². The lowest BCUT2D eigenvalue weighted by Crippen LogP contribution is -2.15. The molecule has 0 bridgehead atoms. The maximum absolute atomic E-state index is 12.5. The van der Waals surface area contributed by atoms with Crippen molar-refractivity contribution in [3.8, 4) is 0 Å². The van der Waals surface area contributed by atoms with Gasteiger partial charge in [0.05, 0.1) is 17.7 Å². The number of nitrogens with two attached hydrogens (primary N) is 1. The van der Waals surface area contributed by atoms with Crippen LogP contribution in [-0.4, -0.2) is 12.6 Å². The number of alkyl halides is 3. The van der Waals surface area contributed by atoms with Gasteiger partial charge in [-0.25, -0.2) is 4.79 Å². The van der Waals surface area contributed by atoms with Crippen LogP contribution in [0.25, 0.3) is 0 Å². The molecule has 0 aromatic heterocycles. The first kappa shape index (κ1) is 12.4. The van der Waals surface area contributed by atoms with Gasteiger partial charge in [0.15, 0.2) is 0 Å². The van der Waals surface area contributed by atoms with Gasteiger partial charge in [0.25, 0.3) is 0 Å². The molecule has 3 nitrogen and oxygen atoms in total. The highest BCUT2D eigenvalue weighted by molar-refractivity contribution is 5.92. The average Bonchev–Trinajstić information content (AvgIpc) is 2.16. The van der Waals surface area contributed by atoms with E-state index in [0.29, 0.717) is 0 Å². The van der Waals surface area contributed by atoms with Crippen molar-refractivity contribution in [1.82, 2.24) is 0 Å². The van der Waals surface area contributed by atoms with E-state index in [1.807, 2.05) is 0 Å². The summed E-state index contributed by atoms with van der Waals surface area (Å²) in [5.41, 5.74) is 3.81. The summed E-state index contributed by atoms with van der Waals surface area (Å²) in [7, 11) is 0. The van der Waals surface area contributed by atoms with E-state index in [9.17, 15) is 18.0 Å². The van der Waals surface area contributed by atoms with E-state index in [-0.39, 0.29) is 12.3 Å². The van der Waals surface area contributed by atoms with E-state index in [1.54, 1.807) is 0 Å². The van der Waals surface area contributed by atoms with Crippen LogP contribution in [-0.2, 0) is 10.9 Å². The number of hydrogen-bond donors (Lipinski definition) is 1. The summed E-state index contributed by atoms with van der Waals surface area (Å²) in [6, 6.07) is 2.81. The summed E-state index contributed by atoms with van der Waals surface area (Å²) in [6.07, 6.45) is -4.60. The molecule has 0 aliphatic rings. The van der Waals surface area contributed by atoms with Crippen LogP contribution in [0.15, 0.2) is 18.2 Å². The van der Waals surface area contributed by atoms with Gasteiger partial charge >= 0.3 is 12.1 Å². The van der Waals surface area contributed by atoms with Crippen molar-refractivity contribution in [2.75, 3.05) is 12.3 Å². The Hall–Kier alpha value is -1.72. The second-order valence-corrected chi connectivity index (χ2v) is 3.02. The van der Waals surface area contributed by atoms with Crippen LogP contribution in [0.4, 0.5) is 18.9 Å². The number of esters is 1. The van der Waals surface area contributed by atoms with Crippen LogP contribution >= 0.6 is 0 Å². The van der Waals surface area contributed by atoms with Crippen molar-refractivity contribution in [2.24, 2.45) is 0 Å². The van der Waals surface area contributed by atoms with Gasteiger partial charge in [-0.3, -0.25) is 0 Å². The molecular weight excluding hydrogens is 223 g/mol. The fraction of sp³-hybridized carbons (Fsp3) is 0.300. The van der Waals surface area contributed by atoms with Crippen LogP contribution in [0.2, 0.25) is 0 Å². The van der Waals surface area contributed by atoms with E-state index in [2.05, 4.69) is 4.74 Å². The van der Waals surface area contributed by atoms with Crippen molar-refractivity contribution in [3.63, 3.8) is 0 Å². The largest absolute Gasteiger partial charge is 0.462 e. The summed E-state index contributed by atoms with van der Waals surface area (Å²) in [6.45, 7) is 1.52. The number of nitrogen functional groups attached to an aromatic ring is 1. The monoisotopic (exact) mass is 233 g/mol. The van der Waals surface area contributed by atoms with Gasteiger partial charge in [-0.1, -0.05) is 0 Å². The minimum Gasteiger partial charge on any atom is -0.462 e. The highest BCUT2D eigenvalue weighted by Gasteiger charge is 2.35. The van der Waals surface area contributed by atoms with Crippen LogP contribution < -0.4 is 5.73 Å². The highest BCUT2D eigenvalue weighted by atomic mass is 19.4. The summed E-state index contributed by atoms with van der Waals surface area (Å²) >= 11 is 0. The van der Waals surface area contributed by atoms with Gasteiger partial charge < -0.3 is 10.5 Å². The Bertz CT molecular complexity index is 402. The molecule has 0 fully saturated rings. The quantitative estimate of drug-likeness (QED) is 0.630. The molecule has 1 rings (SSSR count). The number of rotatable bonds is 2. The zero-order valence-electron chi connectivity index (χ0n) is 8.47. The standard InChI is InChI=1S/C10H10F3NO2/c1-2-16-9(15)7-5-6(14)3-4-8(7)10(11,12)13/h3-5H,2,14H2,1H3. The third-order valence-corrected chi connectivity index (χ3v) is 1.84. The lowest BCUT2D eigenvalue weighted by atomic mass is 10.1. The Morgan fingerprint density at radius 3 is 2.56 bits per heavy atom. The molecule has 2 N–H and O–H groups in total. The Morgan fingerprint density at radius 2 is 2.06 bits per heavy atom. The van der Waals surface area contributed by atoms with E-state index >= 15 is 0 Å². The Labute approximate surface area is 90.0 Å². The second-order valence-electron chi connectivity index (χ2n) is 3.02. The number of benzene rings is 1. The van der Waals surface area contributed by atoms with E-state index in [1.165, 1.54) is 6.92 Å². The van der Waals surface area contributed by atoms with Gasteiger partial charge in [0.1, 0.15) is 0 Å². The van der Waals surface area contributed by atoms with E-state index < -0.39 is 23.3 Å². The first-order valence-electron chi connectivity index (χ1n) is 4.50. The van der Waals surface area contributed by atoms with Crippen LogP contribution in [0.1, 0.15) is 22.8 Å². The zero-order chi connectivity index (χ0) is 12.3. The lowest BCUT2D eigenvalue weighted by Gasteiger charge is -2.12. The molecule has 0 unspecified atom stereocenters. The number of halogens is 3. The minimum atomic E-state index is -4.60. The zero-order valence-corrected chi connectivity index (χ0v) is 8.47. The molecule has 0 aliphatic heterocycles. The Morgan fingerprint density at radius 1 is 1.44 bits per heavy atom. The number of ether oxygens (including phenoxy) is 1. The smallest absolute Gasteiger partial charge is 0.417 e. The molecule has 6 heteroatoms. The molecular formula is C10H10F3NO2. The fourth-order valence-electron chi connectivity index (χ4n) is 1.19. The van der Waals surface area contributed by atoms with Gasteiger partial charge in [-0.15, -0.1) is 0 Å². The van der Waals surface area contributed by atoms with Crippen LogP contribution in [0, 0.1) is 0 Å². The summed E-state index contributed by atoms with van der Waals surface area (Å²) in [4.78, 5) is 11.3. The van der Waals surface area contributed by atoms with E-state index in [0.717, 1.165) is 18.2 Å². The normalized spacial score (nSPS) is 11.2. The molecule has 0 atom stereocenters. The van der Waals surface area contributed by atoms with Gasteiger partial charge in [-0.05, 0) is 25.1 Å². The number of carbonyl (C=O) groups is 1. The van der Waals surface area contributed by atoms with Crippen molar-refractivity contribution >= 4 is 11.7 Å². The lowest BCUT2D eigenvalue weighted by molar-refractivity contribution is -0.138. The average molecular weight is 233 g/mol. The first-order chi connectivity index (χ1) is 7.36. The van der Waals surface area contributed by atoms with Gasteiger partial charge in [0, 0.05) is 5.69 Å². The molecule has 0 saturated carbocycles. The predicted octanol–water partition coefficient (Wildman–Crippen LogP) is 2.46. The number of anilines is 1.